The number of amides is 1. The molecule has 1 aliphatic rings. The quantitative estimate of drug-likeness (QED) is 0.412. The summed E-state index contributed by atoms with van der Waals surface area (Å²) in [4.78, 5) is 27.1. The molecule has 0 saturated carbocycles. The zero-order valence-corrected chi connectivity index (χ0v) is 18.9. The maximum Gasteiger partial charge on any atom is 0.240 e. The molecule has 1 amide bonds. The zero-order chi connectivity index (χ0) is 24.2. The van der Waals surface area contributed by atoms with Crippen molar-refractivity contribution in [2.75, 3.05) is 11.1 Å². The molecule has 0 aliphatic carbocycles. The second-order valence-electron chi connectivity index (χ2n) is 8.70. The number of hydrogen-bond donors (Lipinski definition) is 2. The summed E-state index contributed by atoms with van der Waals surface area (Å²) in [6.07, 6.45) is 2.16. The highest BCUT2D eigenvalue weighted by Gasteiger charge is 2.47. The molecule has 1 aliphatic heterocycles. The predicted molar refractivity (Wildman–Crippen MR) is 131 cm³/mol. The number of carbonyl (C=O) groups excluding carboxylic acids is 1. The third-order valence-corrected chi connectivity index (χ3v) is 6.61. The van der Waals surface area contributed by atoms with E-state index in [1.807, 2.05) is 66.1 Å². The van der Waals surface area contributed by atoms with Gasteiger partial charge < -0.3 is 15.5 Å². The highest BCUT2D eigenvalue weighted by molar-refractivity contribution is 6.09. The number of nitrogens with zero attached hydrogens (tertiary/aromatic N) is 4. The van der Waals surface area contributed by atoms with E-state index in [-0.39, 0.29) is 17.5 Å². The number of halogens is 1. The Morgan fingerprint density at radius 1 is 0.971 bits per heavy atom. The summed E-state index contributed by atoms with van der Waals surface area (Å²) in [6, 6.07) is 21.7. The average Bonchev–Trinajstić information content (AvgIpc) is 3.36. The first-order chi connectivity index (χ1) is 17.0. The smallest absolute Gasteiger partial charge is 0.240 e. The Morgan fingerprint density at radius 3 is 2.51 bits per heavy atom. The van der Waals surface area contributed by atoms with Crippen LogP contribution in [0.5, 0.6) is 0 Å². The van der Waals surface area contributed by atoms with Crippen LogP contribution in [0.25, 0.3) is 17.0 Å². The van der Waals surface area contributed by atoms with Crippen LogP contribution in [-0.2, 0) is 16.6 Å². The molecule has 2 aromatic carbocycles. The molecule has 8 heteroatoms. The van der Waals surface area contributed by atoms with Crippen molar-refractivity contribution in [3.8, 4) is 11.5 Å². The third kappa shape index (κ3) is 3.18. The van der Waals surface area contributed by atoms with E-state index in [1.54, 1.807) is 18.2 Å². The van der Waals surface area contributed by atoms with E-state index in [4.69, 9.17) is 10.7 Å². The number of nitrogens with two attached hydrogens (primary N) is 1. The number of hydrogen-bond acceptors (Lipinski definition) is 5. The fourth-order valence-corrected chi connectivity index (χ4v) is 4.76. The number of anilines is 2. The number of nitrogen functional groups attached to an aromatic ring is 1. The Morgan fingerprint density at radius 2 is 1.71 bits per heavy atom. The lowest BCUT2D eigenvalue weighted by atomic mass is 9.78. The van der Waals surface area contributed by atoms with Crippen molar-refractivity contribution in [1.82, 2.24) is 19.4 Å². The molecule has 35 heavy (non-hydrogen) atoms. The lowest BCUT2D eigenvalue weighted by molar-refractivity contribution is -0.119. The van der Waals surface area contributed by atoms with Gasteiger partial charge in [0, 0.05) is 12.6 Å². The molecule has 6 rings (SSSR count). The number of benzene rings is 2. The standard InChI is InChI=1S/C27H21FN6O/c1-27(17-10-3-2-4-11-17)21-23(29)31-25(32-24(21)33-26(27)35)22-19-13-7-8-14-34(19)20(30-22)15-16-9-5-6-12-18(16)28/h2-14H,15H2,1H3,(H3,29,31,32,33,35). The molecule has 3 aromatic heterocycles. The van der Waals surface area contributed by atoms with Crippen LogP contribution in [0.3, 0.4) is 0 Å². The van der Waals surface area contributed by atoms with Crippen molar-refractivity contribution < 1.29 is 9.18 Å². The van der Waals surface area contributed by atoms with E-state index in [2.05, 4.69) is 15.3 Å². The number of imidazole rings is 1. The summed E-state index contributed by atoms with van der Waals surface area (Å²) in [6.45, 7) is 1.82. The van der Waals surface area contributed by atoms with Gasteiger partial charge >= 0.3 is 0 Å². The van der Waals surface area contributed by atoms with Crippen molar-refractivity contribution in [3.63, 3.8) is 0 Å². The molecule has 0 radical (unpaired) electrons. The molecule has 1 atom stereocenters. The molecule has 0 saturated heterocycles. The number of fused-ring (bicyclic) bond motifs is 2. The van der Waals surface area contributed by atoms with Crippen molar-refractivity contribution in [2.24, 2.45) is 0 Å². The summed E-state index contributed by atoms with van der Waals surface area (Å²) in [5.41, 5.74) is 8.60. The number of nitrogens with one attached hydrogen (secondary N) is 1. The van der Waals surface area contributed by atoms with E-state index in [9.17, 15) is 9.18 Å². The molecular formula is C27H21FN6O. The van der Waals surface area contributed by atoms with Gasteiger partial charge in [0.05, 0.1) is 11.1 Å². The Bertz CT molecular complexity index is 1610. The maximum absolute atomic E-state index is 14.3. The van der Waals surface area contributed by atoms with Crippen molar-refractivity contribution >= 4 is 23.1 Å². The lowest BCUT2D eigenvalue weighted by Crippen LogP contribution is -2.32. The van der Waals surface area contributed by atoms with E-state index in [0.717, 1.165) is 11.1 Å². The van der Waals surface area contributed by atoms with Crippen LogP contribution in [-0.4, -0.2) is 25.3 Å². The van der Waals surface area contributed by atoms with Crippen LogP contribution in [0, 0.1) is 5.82 Å². The Balaban J connectivity index is 1.49. The minimum atomic E-state index is -1.01. The molecule has 0 spiro atoms. The van der Waals surface area contributed by atoms with Crippen LogP contribution >= 0.6 is 0 Å². The first-order valence-corrected chi connectivity index (χ1v) is 11.2. The van der Waals surface area contributed by atoms with Gasteiger partial charge in [0.25, 0.3) is 0 Å². The molecule has 1 unspecified atom stereocenters. The van der Waals surface area contributed by atoms with Crippen molar-refractivity contribution in [3.05, 3.63) is 107 Å². The minimum absolute atomic E-state index is 0.211. The highest BCUT2D eigenvalue weighted by Crippen LogP contribution is 2.45. The fraction of sp³-hybridized carbons (Fsp3) is 0.111. The third-order valence-electron chi connectivity index (χ3n) is 6.61. The van der Waals surface area contributed by atoms with Crippen molar-refractivity contribution in [2.45, 2.75) is 18.8 Å². The van der Waals surface area contributed by atoms with Gasteiger partial charge in [0.2, 0.25) is 5.91 Å². The molecular weight excluding hydrogens is 443 g/mol. The van der Waals surface area contributed by atoms with E-state index in [1.165, 1.54) is 6.07 Å². The lowest BCUT2D eigenvalue weighted by Gasteiger charge is -2.23. The van der Waals surface area contributed by atoms with Gasteiger partial charge in [-0.2, -0.15) is 0 Å². The molecule has 0 bridgehead atoms. The first-order valence-electron chi connectivity index (χ1n) is 11.2. The van der Waals surface area contributed by atoms with Crippen LogP contribution in [0.2, 0.25) is 0 Å². The molecule has 172 valence electrons. The predicted octanol–water partition coefficient (Wildman–Crippen LogP) is 4.36. The number of pyridine rings is 1. The monoisotopic (exact) mass is 464 g/mol. The van der Waals surface area contributed by atoms with Gasteiger partial charge in [-0.05, 0) is 36.2 Å². The SMILES string of the molecule is CC1(c2ccccc2)C(=O)Nc2nc(-c3nc(Cc4ccccc4F)n4ccccc34)nc(N)c21. The van der Waals surface area contributed by atoms with E-state index < -0.39 is 5.41 Å². The van der Waals surface area contributed by atoms with Gasteiger partial charge in [0.15, 0.2) is 5.82 Å². The van der Waals surface area contributed by atoms with Crippen LogP contribution in [0.1, 0.15) is 29.4 Å². The Labute approximate surface area is 200 Å². The fourth-order valence-electron chi connectivity index (χ4n) is 4.76. The molecule has 0 fully saturated rings. The summed E-state index contributed by atoms with van der Waals surface area (Å²) in [7, 11) is 0. The second kappa shape index (κ2) is 7.73. The van der Waals surface area contributed by atoms with E-state index in [0.29, 0.717) is 40.7 Å². The van der Waals surface area contributed by atoms with Crippen LogP contribution < -0.4 is 11.1 Å². The summed E-state index contributed by atoms with van der Waals surface area (Å²) in [5.74, 6) is 1.01. The molecule has 7 nitrogen and oxygen atoms in total. The van der Waals surface area contributed by atoms with E-state index >= 15 is 0 Å². The number of carbonyl (C=O) groups is 1. The number of rotatable bonds is 4. The summed E-state index contributed by atoms with van der Waals surface area (Å²) >= 11 is 0. The molecule has 4 heterocycles. The largest absolute Gasteiger partial charge is 0.383 e. The Hall–Kier alpha value is -4.59. The molecule has 5 aromatic rings. The molecule has 3 N–H and O–H groups in total. The second-order valence-corrected chi connectivity index (χ2v) is 8.70. The Kier molecular flexibility index (Phi) is 4.63. The highest BCUT2D eigenvalue weighted by atomic mass is 19.1. The van der Waals surface area contributed by atoms with Gasteiger partial charge in [-0.15, -0.1) is 0 Å². The topological polar surface area (TPSA) is 98.2 Å². The normalized spacial score (nSPS) is 16.9. The minimum Gasteiger partial charge on any atom is -0.383 e. The average molecular weight is 465 g/mol. The summed E-state index contributed by atoms with van der Waals surface area (Å²) in [5, 5.41) is 2.89. The summed E-state index contributed by atoms with van der Waals surface area (Å²) < 4.78 is 16.2. The van der Waals surface area contributed by atoms with Gasteiger partial charge in [-0.3, -0.25) is 4.79 Å². The van der Waals surface area contributed by atoms with Gasteiger partial charge in [0.1, 0.15) is 34.4 Å². The van der Waals surface area contributed by atoms with Gasteiger partial charge in [-0.25, -0.2) is 19.3 Å². The zero-order valence-electron chi connectivity index (χ0n) is 18.9. The van der Waals surface area contributed by atoms with Crippen LogP contribution in [0.15, 0.2) is 79.0 Å². The van der Waals surface area contributed by atoms with Crippen molar-refractivity contribution in [1.29, 1.82) is 0 Å². The van der Waals surface area contributed by atoms with Crippen LogP contribution in [0.4, 0.5) is 16.0 Å². The number of aromatic nitrogens is 4. The first kappa shape index (κ1) is 21.0. The maximum atomic E-state index is 14.3. The van der Waals surface area contributed by atoms with Gasteiger partial charge in [-0.1, -0.05) is 54.6 Å².